The van der Waals surface area contributed by atoms with Crippen molar-refractivity contribution in [1.82, 2.24) is 4.90 Å². The molecule has 0 saturated carbocycles. The van der Waals surface area contributed by atoms with Crippen LogP contribution in [0.2, 0.25) is 5.02 Å². The van der Waals surface area contributed by atoms with E-state index in [0.717, 1.165) is 15.6 Å². The number of methoxy groups -OCH3 is 1. The van der Waals surface area contributed by atoms with Gasteiger partial charge in [0.25, 0.3) is 0 Å². The molecule has 1 N–H and O–H groups in total. The summed E-state index contributed by atoms with van der Waals surface area (Å²) in [5.74, 6) is 0.0236. The van der Waals surface area contributed by atoms with Gasteiger partial charge in [-0.2, -0.15) is 0 Å². The molecule has 1 aromatic heterocycles. The van der Waals surface area contributed by atoms with Crippen molar-refractivity contribution in [3.8, 4) is 0 Å². The van der Waals surface area contributed by atoms with Crippen LogP contribution in [0.3, 0.4) is 0 Å². The summed E-state index contributed by atoms with van der Waals surface area (Å²) in [6.45, 7) is 0.929. The van der Waals surface area contributed by atoms with Crippen LogP contribution >= 0.6 is 22.9 Å². The second kappa shape index (κ2) is 5.57. The Balaban J connectivity index is 1.69. The minimum atomic E-state index is -0.884. The minimum absolute atomic E-state index is 0.0236. The molecule has 2 heterocycles. The fraction of sp³-hybridized carbons (Fsp3) is 0.400. The number of rotatable bonds is 4. The van der Waals surface area contributed by atoms with Crippen LogP contribution in [0.4, 0.5) is 0 Å². The lowest BCUT2D eigenvalue weighted by atomic mass is 9.94. The van der Waals surface area contributed by atoms with E-state index in [4.69, 9.17) is 16.3 Å². The van der Waals surface area contributed by atoms with Crippen molar-refractivity contribution in [2.45, 2.75) is 12.0 Å². The van der Waals surface area contributed by atoms with Gasteiger partial charge < -0.3 is 14.7 Å². The van der Waals surface area contributed by atoms with Crippen LogP contribution in [0, 0.1) is 0 Å². The molecule has 1 saturated heterocycles. The van der Waals surface area contributed by atoms with Gasteiger partial charge in [-0.3, -0.25) is 4.79 Å². The third-order valence-corrected chi connectivity index (χ3v) is 4.94. The number of β-amino-alcohol motifs (C(OH)–C–C–N with tert-alkyl or cyclic N) is 1. The number of amides is 1. The second-order valence-corrected chi connectivity index (χ2v) is 6.83. The van der Waals surface area contributed by atoms with Gasteiger partial charge in [0.2, 0.25) is 5.91 Å². The zero-order valence-corrected chi connectivity index (χ0v) is 13.2. The van der Waals surface area contributed by atoms with Gasteiger partial charge in [0, 0.05) is 16.8 Å². The Morgan fingerprint density at radius 1 is 1.52 bits per heavy atom. The number of fused-ring (bicyclic) bond motifs is 1. The quantitative estimate of drug-likeness (QED) is 0.938. The van der Waals surface area contributed by atoms with Crippen molar-refractivity contribution in [3.05, 3.63) is 34.2 Å². The highest BCUT2D eigenvalue weighted by atomic mass is 35.5. The van der Waals surface area contributed by atoms with Gasteiger partial charge in [-0.1, -0.05) is 11.6 Å². The van der Waals surface area contributed by atoms with E-state index in [0.29, 0.717) is 24.5 Å². The fourth-order valence-corrected chi connectivity index (χ4v) is 3.78. The number of aliphatic hydroxyl groups is 1. The van der Waals surface area contributed by atoms with Gasteiger partial charge in [-0.05, 0) is 34.5 Å². The summed E-state index contributed by atoms with van der Waals surface area (Å²) in [5, 5.41) is 13.7. The van der Waals surface area contributed by atoms with Crippen LogP contribution < -0.4 is 0 Å². The molecule has 2 aromatic rings. The summed E-state index contributed by atoms with van der Waals surface area (Å²) < 4.78 is 6.08. The van der Waals surface area contributed by atoms with Gasteiger partial charge in [0.1, 0.15) is 5.60 Å². The molecular formula is C15H16ClNO3S. The number of carbonyl (C=O) groups excluding carboxylic acids is 1. The average molecular weight is 326 g/mol. The molecule has 1 aromatic carbocycles. The SMILES string of the molecule is COCC1(O)CN(C(=O)Cc2csc3ccc(Cl)cc23)C1. The fourth-order valence-electron chi connectivity index (χ4n) is 2.67. The first-order chi connectivity index (χ1) is 10.0. The average Bonchev–Trinajstić information content (AvgIpc) is 2.78. The largest absolute Gasteiger partial charge is 0.384 e. The highest BCUT2D eigenvalue weighted by Gasteiger charge is 2.43. The first-order valence-electron chi connectivity index (χ1n) is 6.65. The van der Waals surface area contributed by atoms with E-state index in [1.165, 1.54) is 0 Å². The van der Waals surface area contributed by atoms with Crippen LogP contribution in [0.1, 0.15) is 5.56 Å². The smallest absolute Gasteiger partial charge is 0.227 e. The first-order valence-corrected chi connectivity index (χ1v) is 7.91. The maximum atomic E-state index is 12.3. The molecule has 4 nitrogen and oxygen atoms in total. The molecule has 1 fully saturated rings. The van der Waals surface area contributed by atoms with Crippen molar-refractivity contribution in [1.29, 1.82) is 0 Å². The van der Waals surface area contributed by atoms with Crippen LogP contribution in [-0.2, 0) is 16.0 Å². The van der Waals surface area contributed by atoms with Gasteiger partial charge in [0.15, 0.2) is 0 Å². The van der Waals surface area contributed by atoms with E-state index in [1.54, 1.807) is 23.3 Å². The van der Waals surface area contributed by atoms with Gasteiger partial charge in [-0.15, -0.1) is 11.3 Å². The van der Waals surface area contributed by atoms with Crippen LogP contribution in [0.5, 0.6) is 0 Å². The zero-order valence-electron chi connectivity index (χ0n) is 11.6. The molecule has 0 radical (unpaired) electrons. The monoisotopic (exact) mass is 325 g/mol. The number of benzene rings is 1. The Labute approximate surface area is 131 Å². The second-order valence-electron chi connectivity index (χ2n) is 5.49. The van der Waals surface area contributed by atoms with Crippen molar-refractivity contribution >= 4 is 38.9 Å². The number of hydrogen-bond donors (Lipinski definition) is 1. The van der Waals surface area contributed by atoms with Crippen molar-refractivity contribution in [3.63, 3.8) is 0 Å². The third kappa shape index (κ3) is 2.92. The predicted octanol–water partition coefficient (Wildman–Crippen LogP) is 2.32. The van der Waals surface area contributed by atoms with E-state index in [9.17, 15) is 9.90 Å². The molecule has 112 valence electrons. The predicted molar refractivity (Wildman–Crippen MR) is 83.9 cm³/mol. The standard InChI is InChI=1S/C15H16ClNO3S/c1-20-9-15(19)7-17(8-15)14(18)4-10-6-21-13-3-2-11(16)5-12(10)13/h2-3,5-6,19H,4,7-9H2,1H3. The Hall–Kier alpha value is -1.14. The number of carbonyl (C=O) groups is 1. The summed E-state index contributed by atoms with van der Waals surface area (Å²) in [4.78, 5) is 13.9. The third-order valence-electron chi connectivity index (χ3n) is 3.69. The minimum Gasteiger partial charge on any atom is -0.384 e. The summed E-state index contributed by atoms with van der Waals surface area (Å²) in [6, 6.07) is 5.72. The number of likely N-dealkylation sites (tertiary alicyclic amines) is 1. The highest BCUT2D eigenvalue weighted by molar-refractivity contribution is 7.17. The van der Waals surface area contributed by atoms with Crippen LogP contribution in [0.15, 0.2) is 23.6 Å². The lowest BCUT2D eigenvalue weighted by Gasteiger charge is -2.46. The number of nitrogens with zero attached hydrogens (tertiary/aromatic N) is 1. The lowest BCUT2D eigenvalue weighted by Crippen LogP contribution is -2.65. The molecule has 0 bridgehead atoms. The summed E-state index contributed by atoms with van der Waals surface area (Å²) in [6.07, 6.45) is 0.337. The Bertz CT molecular complexity index is 679. The number of hydrogen-bond acceptors (Lipinski definition) is 4. The summed E-state index contributed by atoms with van der Waals surface area (Å²) >= 11 is 7.63. The van der Waals surface area contributed by atoms with E-state index < -0.39 is 5.60 Å². The molecule has 1 amide bonds. The van der Waals surface area contributed by atoms with Gasteiger partial charge in [-0.25, -0.2) is 0 Å². The topological polar surface area (TPSA) is 49.8 Å². The zero-order chi connectivity index (χ0) is 15.0. The highest BCUT2D eigenvalue weighted by Crippen LogP contribution is 2.30. The molecule has 3 rings (SSSR count). The molecule has 21 heavy (non-hydrogen) atoms. The van der Waals surface area contributed by atoms with Crippen LogP contribution in [0.25, 0.3) is 10.1 Å². The van der Waals surface area contributed by atoms with E-state index >= 15 is 0 Å². The molecule has 1 aliphatic heterocycles. The van der Waals surface area contributed by atoms with Crippen LogP contribution in [-0.4, -0.2) is 48.3 Å². The number of thiophene rings is 1. The molecule has 1 aliphatic rings. The maximum absolute atomic E-state index is 12.3. The Kier molecular flexibility index (Phi) is 3.92. The van der Waals surface area contributed by atoms with E-state index in [-0.39, 0.29) is 12.5 Å². The van der Waals surface area contributed by atoms with Gasteiger partial charge >= 0.3 is 0 Å². The normalized spacial score (nSPS) is 17.0. The molecular weight excluding hydrogens is 310 g/mol. The Morgan fingerprint density at radius 3 is 3.00 bits per heavy atom. The molecule has 6 heteroatoms. The first kappa shape index (κ1) is 14.8. The summed E-state index contributed by atoms with van der Waals surface area (Å²) in [5.41, 5.74) is 0.106. The molecule has 0 atom stereocenters. The number of halogens is 1. The molecule has 0 aliphatic carbocycles. The van der Waals surface area contributed by atoms with Crippen molar-refractivity contribution < 1.29 is 14.6 Å². The van der Waals surface area contributed by atoms with E-state index in [2.05, 4.69) is 0 Å². The maximum Gasteiger partial charge on any atom is 0.227 e. The number of ether oxygens (including phenoxy) is 1. The van der Waals surface area contributed by atoms with Crippen molar-refractivity contribution in [2.75, 3.05) is 26.8 Å². The van der Waals surface area contributed by atoms with Crippen molar-refractivity contribution in [2.24, 2.45) is 0 Å². The van der Waals surface area contributed by atoms with Gasteiger partial charge in [0.05, 0.1) is 26.1 Å². The lowest BCUT2D eigenvalue weighted by molar-refractivity contribution is -0.164. The summed E-state index contributed by atoms with van der Waals surface area (Å²) in [7, 11) is 1.55. The Morgan fingerprint density at radius 2 is 2.29 bits per heavy atom. The molecule has 0 spiro atoms. The van der Waals surface area contributed by atoms with E-state index in [1.807, 2.05) is 23.6 Å². The molecule has 0 unspecified atom stereocenters.